The Bertz CT molecular complexity index is 492. The fourth-order valence-corrected chi connectivity index (χ4v) is 1.76. The molecule has 1 radical (unpaired) electrons. The van der Waals surface area contributed by atoms with E-state index in [-0.39, 0.29) is 0 Å². The molecule has 2 nitrogen and oxygen atoms in total. The fraction of sp³-hybridized carbons (Fsp3) is 0.200. The monoisotopic (exact) mass is 227 g/mol. The molecule has 0 unspecified atom stereocenters. The molecule has 87 valence electrons. The SMILES string of the molecule is CCOc1[c]cccc1-c1ccccc1OC. The first kappa shape index (κ1) is 11.5. The molecule has 0 heterocycles. The van der Waals surface area contributed by atoms with E-state index in [0.717, 1.165) is 22.6 Å². The maximum absolute atomic E-state index is 5.58. The van der Waals surface area contributed by atoms with E-state index in [1.165, 1.54) is 0 Å². The third kappa shape index (κ3) is 2.41. The van der Waals surface area contributed by atoms with Gasteiger partial charge in [-0.1, -0.05) is 36.4 Å². The molecule has 0 spiro atoms. The van der Waals surface area contributed by atoms with E-state index < -0.39 is 0 Å². The van der Waals surface area contributed by atoms with Crippen molar-refractivity contribution >= 4 is 0 Å². The van der Waals surface area contributed by atoms with Gasteiger partial charge in [-0.05, 0) is 13.0 Å². The van der Waals surface area contributed by atoms with Crippen LogP contribution < -0.4 is 9.47 Å². The molecule has 0 bridgehead atoms. The highest BCUT2D eigenvalue weighted by molar-refractivity contribution is 5.75. The van der Waals surface area contributed by atoms with Gasteiger partial charge in [0.25, 0.3) is 0 Å². The Kier molecular flexibility index (Phi) is 3.66. The predicted molar refractivity (Wildman–Crippen MR) is 68.4 cm³/mol. The van der Waals surface area contributed by atoms with Crippen molar-refractivity contribution in [2.75, 3.05) is 13.7 Å². The first-order chi connectivity index (χ1) is 8.36. The Morgan fingerprint density at radius 2 is 1.82 bits per heavy atom. The first-order valence-electron chi connectivity index (χ1n) is 5.63. The van der Waals surface area contributed by atoms with Crippen LogP contribution in [0.5, 0.6) is 11.5 Å². The number of hydrogen-bond donors (Lipinski definition) is 0. The van der Waals surface area contributed by atoms with E-state index in [9.17, 15) is 0 Å². The number of ether oxygens (including phenoxy) is 2. The van der Waals surface area contributed by atoms with Crippen molar-refractivity contribution < 1.29 is 9.47 Å². The summed E-state index contributed by atoms with van der Waals surface area (Å²) < 4.78 is 10.9. The van der Waals surface area contributed by atoms with Crippen LogP contribution in [0.1, 0.15) is 6.92 Å². The van der Waals surface area contributed by atoms with E-state index in [0.29, 0.717) is 6.61 Å². The smallest absolute Gasteiger partial charge is 0.135 e. The molecule has 2 heteroatoms. The Labute approximate surface area is 102 Å². The lowest BCUT2D eigenvalue weighted by atomic mass is 10.0. The topological polar surface area (TPSA) is 18.5 Å². The number of hydrogen-bond acceptors (Lipinski definition) is 2. The summed E-state index contributed by atoms with van der Waals surface area (Å²) in [7, 11) is 1.67. The standard InChI is InChI=1S/C15H15O2/c1-3-17-15-11-7-5-9-13(15)12-8-4-6-10-14(12)16-2/h4-10H,3H2,1-2H3. The van der Waals surface area contributed by atoms with Gasteiger partial charge in [0.2, 0.25) is 0 Å². The summed E-state index contributed by atoms with van der Waals surface area (Å²) in [4.78, 5) is 0. The van der Waals surface area contributed by atoms with Crippen LogP contribution in [0, 0.1) is 6.07 Å². The molecule has 2 aromatic carbocycles. The number of para-hydroxylation sites is 2. The second-order valence-corrected chi connectivity index (χ2v) is 3.55. The van der Waals surface area contributed by atoms with E-state index in [1.54, 1.807) is 7.11 Å². The molecule has 0 aliphatic heterocycles. The molecule has 0 amide bonds. The second-order valence-electron chi connectivity index (χ2n) is 3.55. The first-order valence-corrected chi connectivity index (χ1v) is 5.63. The summed E-state index contributed by atoms with van der Waals surface area (Å²) in [5.74, 6) is 1.60. The Balaban J connectivity index is 2.52. The van der Waals surface area contributed by atoms with Crippen LogP contribution in [0.15, 0.2) is 42.5 Å². The van der Waals surface area contributed by atoms with Crippen LogP contribution in [-0.2, 0) is 0 Å². The summed E-state index contributed by atoms with van der Waals surface area (Å²) in [5.41, 5.74) is 2.03. The van der Waals surface area contributed by atoms with Crippen molar-refractivity contribution in [1.29, 1.82) is 0 Å². The van der Waals surface area contributed by atoms with Crippen LogP contribution in [0.4, 0.5) is 0 Å². The number of rotatable bonds is 4. The van der Waals surface area contributed by atoms with Crippen LogP contribution in [-0.4, -0.2) is 13.7 Å². The largest absolute Gasteiger partial charge is 0.496 e. The number of benzene rings is 2. The van der Waals surface area contributed by atoms with Crippen molar-refractivity contribution in [2.24, 2.45) is 0 Å². The van der Waals surface area contributed by atoms with Gasteiger partial charge in [0.05, 0.1) is 13.7 Å². The van der Waals surface area contributed by atoms with Crippen molar-refractivity contribution in [1.82, 2.24) is 0 Å². The van der Waals surface area contributed by atoms with Gasteiger partial charge in [-0.3, -0.25) is 0 Å². The van der Waals surface area contributed by atoms with Gasteiger partial charge >= 0.3 is 0 Å². The minimum Gasteiger partial charge on any atom is -0.496 e. The quantitative estimate of drug-likeness (QED) is 0.795. The highest BCUT2D eigenvalue weighted by Gasteiger charge is 2.09. The third-order valence-electron chi connectivity index (χ3n) is 2.50. The van der Waals surface area contributed by atoms with Gasteiger partial charge in [0.1, 0.15) is 11.5 Å². The lowest BCUT2D eigenvalue weighted by molar-refractivity contribution is 0.340. The summed E-state index contributed by atoms with van der Waals surface area (Å²) in [6.07, 6.45) is 0. The molecule has 0 saturated heterocycles. The molecule has 0 atom stereocenters. The minimum absolute atomic E-state index is 0.628. The maximum Gasteiger partial charge on any atom is 0.135 e. The third-order valence-corrected chi connectivity index (χ3v) is 2.50. The summed E-state index contributed by atoms with van der Waals surface area (Å²) >= 11 is 0. The van der Waals surface area contributed by atoms with Crippen molar-refractivity contribution in [3.63, 3.8) is 0 Å². The van der Waals surface area contributed by atoms with Gasteiger partial charge < -0.3 is 9.47 Å². The molecule has 0 saturated carbocycles. The van der Waals surface area contributed by atoms with Crippen molar-refractivity contribution in [3.05, 3.63) is 48.5 Å². The van der Waals surface area contributed by atoms with Gasteiger partial charge in [-0.2, -0.15) is 0 Å². The lowest BCUT2D eigenvalue weighted by Gasteiger charge is -2.12. The molecule has 0 N–H and O–H groups in total. The molecule has 0 fully saturated rings. The van der Waals surface area contributed by atoms with Crippen LogP contribution in [0.3, 0.4) is 0 Å². The zero-order valence-corrected chi connectivity index (χ0v) is 10.1. The zero-order chi connectivity index (χ0) is 12.1. The number of methoxy groups -OCH3 is 1. The van der Waals surface area contributed by atoms with Crippen molar-refractivity contribution in [2.45, 2.75) is 6.92 Å². The summed E-state index contributed by atoms with van der Waals surface area (Å²) in [5, 5.41) is 0. The average Bonchev–Trinajstić information content (AvgIpc) is 2.40. The molecule has 0 aromatic heterocycles. The van der Waals surface area contributed by atoms with Gasteiger partial charge in [-0.25, -0.2) is 0 Å². The van der Waals surface area contributed by atoms with Crippen molar-refractivity contribution in [3.8, 4) is 22.6 Å². The van der Waals surface area contributed by atoms with Gasteiger partial charge in [0, 0.05) is 17.2 Å². The predicted octanol–water partition coefficient (Wildman–Crippen LogP) is 3.56. The van der Waals surface area contributed by atoms with Crippen LogP contribution >= 0.6 is 0 Å². The molecule has 2 rings (SSSR count). The van der Waals surface area contributed by atoms with Crippen LogP contribution in [0.2, 0.25) is 0 Å². The Hall–Kier alpha value is -1.96. The molecule has 0 aliphatic carbocycles. The average molecular weight is 227 g/mol. The Morgan fingerprint density at radius 3 is 2.59 bits per heavy atom. The molecule has 2 aromatic rings. The maximum atomic E-state index is 5.58. The summed E-state index contributed by atoms with van der Waals surface area (Å²) in [6, 6.07) is 16.8. The van der Waals surface area contributed by atoms with Gasteiger partial charge in [-0.15, -0.1) is 0 Å². The minimum atomic E-state index is 0.628. The fourth-order valence-electron chi connectivity index (χ4n) is 1.76. The normalized spacial score (nSPS) is 10.0. The highest BCUT2D eigenvalue weighted by Crippen LogP contribution is 2.35. The molecule has 17 heavy (non-hydrogen) atoms. The van der Waals surface area contributed by atoms with E-state index >= 15 is 0 Å². The highest BCUT2D eigenvalue weighted by atomic mass is 16.5. The van der Waals surface area contributed by atoms with E-state index in [1.807, 2.05) is 49.4 Å². The zero-order valence-electron chi connectivity index (χ0n) is 10.1. The molecular formula is C15H15O2. The molecular weight excluding hydrogens is 212 g/mol. The Morgan fingerprint density at radius 1 is 1.06 bits per heavy atom. The summed E-state index contributed by atoms with van der Waals surface area (Å²) in [6.45, 7) is 2.59. The molecule has 0 aliphatic rings. The van der Waals surface area contributed by atoms with E-state index in [2.05, 4.69) is 6.07 Å². The second kappa shape index (κ2) is 5.39. The van der Waals surface area contributed by atoms with E-state index in [4.69, 9.17) is 9.47 Å². The van der Waals surface area contributed by atoms with Crippen LogP contribution in [0.25, 0.3) is 11.1 Å². The van der Waals surface area contributed by atoms with Gasteiger partial charge in [0.15, 0.2) is 0 Å². The lowest BCUT2D eigenvalue weighted by Crippen LogP contribution is -1.95.